The molecule has 0 saturated carbocycles. The first kappa shape index (κ1) is 13.9. The molecule has 3 rings (SSSR count). The zero-order valence-corrected chi connectivity index (χ0v) is 11.8. The molecular formula is C17H15N3O2. The van der Waals surface area contributed by atoms with Gasteiger partial charge in [-0.2, -0.15) is 0 Å². The highest BCUT2D eigenvalue weighted by molar-refractivity contribution is 5.95. The van der Waals surface area contributed by atoms with Crippen LogP contribution in [0.5, 0.6) is 0 Å². The Bertz CT molecular complexity index is 834. The van der Waals surface area contributed by atoms with Gasteiger partial charge in [-0.05, 0) is 41.8 Å². The summed E-state index contributed by atoms with van der Waals surface area (Å²) in [4.78, 5) is 23.1. The number of amides is 2. The first-order valence-corrected chi connectivity index (χ1v) is 6.87. The summed E-state index contributed by atoms with van der Waals surface area (Å²) in [6.45, 7) is 0.227. The molecule has 0 fully saturated rings. The molecule has 0 aliphatic rings. The van der Waals surface area contributed by atoms with Gasteiger partial charge in [0, 0.05) is 23.0 Å². The monoisotopic (exact) mass is 293 g/mol. The van der Waals surface area contributed by atoms with Gasteiger partial charge in [0.15, 0.2) is 0 Å². The van der Waals surface area contributed by atoms with E-state index in [1.807, 2.05) is 41.1 Å². The van der Waals surface area contributed by atoms with E-state index in [0.29, 0.717) is 11.3 Å². The van der Waals surface area contributed by atoms with Crippen molar-refractivity contribution < 1.29 is 9.59 Å². The van der Waals surface area contributed by atoms with E-state index in [2.05, 4.69) is 5.32 Å². The predicted octanol–water partition coefficient (Wildman–Crippen LogP) is 2.38. The van der Waals surface area contributed by atoms with E-state index in [0.717, 1.165) is 10.9 Å². The summed E-state index contributed by atoms with van der Waals surface area (Å²) in [6.07, 6.45) is 1.89. The molecule has 1 aromatic heterocycles. The molecule has 3 N–H and O–H groups in total. The summed E-state index contributed by atoms with van der Waals surface area (Å²) >= 11 is 0. The second-order valence-corrected chi connectivity index (χ2v) is 4.99. The molecule has 0 spiro atoms. The van der Waals surface area contributed by atoms with Gasteiger partial charge in [-0.25, -0.2) is 0 Å². The maximum Gasteiger partial charge on any atom is 0.248 e. The standard InChI is InChI=1S/C17H15N3O2/c18-17(22)13-5-7-14(8-6-13)19-16(21)11-20-10-9-12-3-1-2-4-15(12)20/h1-10H,11H2,(H2,18,22)(H,19,21). The van der Waals surface area contributed by atoms with Crippen LogP contribution in [-0.2, 0) is 11.3 Å². The Labute approximate surface area is 127 Å². The molecule has 0 radical (unpaired) electrons. The summed E-state index contributed by atoms with van der Waals surface area (Å²) in [5.74, 6) is -0.620. The summed E-state index contributed by atoms with van der Waals surface area (Å²) in [5.41, 5.74) is 7.24. The van der Waals surface area contributed by atoms with Gasteiger partial charge < -0.3 is 15.6 Å². The van der Waals surface area contributed by atoms with Crippen molar-refractivity contribution in [1.82, 2.24) is 4.57 Å². The third kappa shape index (κ3) is 2.83. The molecule has 2 amide bonds. The molecule has 0 saturated heterocycles. The molecule has 0 aliphatic heterocycles. The van der Waals surface area contributed by atoms with Crippen molar-refractivity contribution in [3.05, 3.63) is 66.4 Å². The number of aromatic nitrogens is 1. The minimum atomic E-state index is -0.489. The van der Waals surface area contributed by atoms with Crippen molar-refractivity contribution in [3.63, 3.8) is 0 Å². The van der Waals surface area contributed by atoms with Crippen molar-refractivity contribution in [3.8, 4) is 0 Å². The minimum Gasteiger partial charge on any atom is -0.366 e. The van der Waals surface area contributed by atoms with Gasteiger partial charge in [0.1, 0.15) is 6.54 Å². The van der Waals surface area contributed by atoms with Crippen LogP contribution in [0.2, 0.25) is 0 Å². The van der Waals surface area contributed by atoms with Gasteiger partial charge in [-0.3, -0.25) is 9.59 Å². The van der Waals surface area contributed by atoms with Crippen molar-refractivity contribution in [2.24, 2.45) is 5.73 Å². The fourth-order valence-corrected chi connectivity index (χ4v) is 2.35. The van der Waals surface area contributed by atoms with Gasteiger partial charge in [0.05, 0.1) is 0 Å². The van der Waals surface area contributed by atoms with Crippen LogP contribution in [0.1, 0.15) is 10.4 Å². The third-order valence-electron chi connectivity index (χ3n) is 3.45. The molecule has 1 heterocycles. The second kappa shape index (κ2) is 5.73. The van der Waals surface area contributed by atoms with Crippen LogP contribution in [-0.4, -0.2) is 16.4 Å². The summed E-state index contributed by atoms with van der Waals surface area (Å²) in [7, 11) is 0. The van der Waals surface area contributed by atoms with Gasteiger partial charge in [0.25, 0.3) is 0 Å². The molecule has 110 valence electrons. The highest BCUT2D eigenvalue weighted by atomic mass is 16.2. The highest BCUT2D eigenvalue weighted by Gasteiger charge is 2.07. The number of nitrogens with one attached hydrogen (secondary N) is 1. The van der Waals surface area contributed by atoms with Crippen LogP contribution in [0.3, 0.4) is 0 Å². The van der Waals surface area contributed by atoms with E-state index in [-0.39, 0.29) is 12.5 Å². The number of carbonyl (C=O) groups is 2. The molecule has 22 heavy (non-hydrogen) atoms. The Morgan fingerprint density at radius 2 is 1.73 bits per heavy atom. The van der Waals surface area contributed by atoms with Crippen molar-refractivity contribution >= 4 is 28.4 Å². The van der Waals surface area contributed by atoms with E-state index in [4.69, 9.17) is 5.73 Å². The maximum absolute atomic E-state index is 12.1. The molecule has 5 nitrogen and oxygen atoms in total. The van der Waals surface area contributed by atoms with Crippen molar-refractivity contribution in [2.75, 3.05) is 5.32 Å². The Morgan fingerprint density at radius 1 is 1.00 bits per heavy atom. The van der Waals surface area contributed by atoms with Crippen LogP contribution in [0.25, 0.3) is 10.9 Å². The lowest BCUT2D eigenvalue weighted by molar-refractivity contribution is -0.116. The fraction of sp³-hybridized carbons (Fsp3) is 0.0588. The Morgan fingerprint density at radius 3 is 2.45 bits per heavy atom. The highest BCUT2D eigenvalue weighted by Crippen LogP contribution is 2.15. The number of benzene rings is 2. The molecule has 0 aliphatic carbocycles. The molecular weight excluding hydrogens is 278 g/mol. The second-order valence-electron chi connectivity index (χ2n) is 4.99. The normalized spacial score (nSPS) is 10.5. The van der Waals surface area contributed by atoms with E-state index in [9.17, 15) is 9.59 Å². The van der Waals surface area contributed by atoms with Gasteiger partial charge in [-0.1, -0.05) is 18.2 Å². The number of nitrogens with zero attached hydrogens (tertiary/aromatic N) is 1. The molecule has 2 aromatic carbocycles. The van der Waals surface area contributed by atoms with Crippen molar-refractivity contribution in [2.45, 2.75) is 6.54 Å². The summed E-state index contributed by atoms with van der Waals surface area (Å²) < 4.78 is 1.89. The number of nitrogens with two attached hydrogens (primary N) is 1. The molecule has 5 heteroatoms. The van der Waals surface area contributed by atoms with E-state index >= 15 is 0 Å². The first-order chi connectivity index (χ1) is 10.6. The fourth-order valence-electron chi connectivity index (χ4n) is 2.35. The van der Waals surface area contributed by atoms with Crippen LogP contribution in [0.4, 0.5) is 5.69 Å². The van der Waals surface area contributed by atoms with Gasteiger partial charge in [0.2, 0.25) is 11.8 Å². The van der Waals surface area contributed by atoms with Gasteiger partial charge in [-0.15, -0.1) is 0 Å². The lowest BCUT2D eigenvalue weighted by Crippen LogP contribution is -2.18. The Balaban J connectivity index is 1.71. The van der Waals surface area contributed by atoms with Crippen LogP contribution in [0.15, 0.2) is 60.8 Å². The number of hydrogen-bond donors (Lipinski definition) is 2. The third-order valence-corrected chi connectivity index (χ3v) is 3.45. The molecule has 0 atom stereocenters. The van der Waals surface area contributed by atoms with Gasteiger partial charge >= 0.3 is 0 Å². The van der Waals surface area contributed by atoms with Crippen molar-refractivity contribution in [1.29, 1.82) is 0 Å². The number of hydrogen-bond acceptors (Lipinski definition) is 2. The lowest BCUT2D eigenvalue weighted by Gasteiger charge is -2.08. The lowest BCUT2D eigenvalue weighted by atomic mass is 10.2. The average Bonchev–Trinajstić information content (AvgIpc) is 2.91. The molecule has 0 bridgehead atoms. The summed E-state index contributed by atoms with van der Waals surface area (Å²) in [5, 5.41) is 3.90. The number of fused-ring (bicyclic) bond motifs is 1. The van der Waals surface area contributed by atoms with E-state index in [1.54, 1.807) is 24.3 Å². The molecule has 3 aromatic rings. The smallest absolute Gasteiger partial charge is 0.248 e. The van der Waals surface area contributed by atoms with E-state index < -0.39 is 5.91 Å². The number of anilines is 1. The SMILES string of the molecule is NC(=O)c1ccc(NC(=O)Cn2ccc3ccccc32)cc1. The number of para-hydroxylation sites is 1. The first-order valence-electron chi connectivity index (χ1n) is 6.87. The van der Waals surface area contributed by atoms with Crippen LogP contribution < -0.4 is 11.1 Å². The van der Waals surface area contributed by atoms with Crippen LogP contribution in [0, 0.1) is 0 Å². The largest absolute Gasteiger partial charge is 0.366 e. The quantitative estimate of drug-likeness (QED) is 0.774. The summed E-state index contributed by atoms with van der Waals surface area (Å²) in [6, 6.07) is 16.4. The Hall–Kier alpha value is -3.08. The maximum atomic E-state index is 12.1. The minimum absolute atomic E-state index is 0.131. The average molecular weight is 293 g/mol. The topological polar surface area (TPSA) is 77.1 Å². The van der Waals surface area contributed by atoms with Crippen LogP contribution >= 0.6 is 0 Å². The number of primary amides is 1. The molecule has 0 unspecified atom stereocenters. The zero-order chi connectivity index (χ0) is 15.5. The zero-order valence-electron chi connectivity index (χ0n) is 11.8. The Kier molecular flexibility index (Phi) is 3.62. The predicted molar refractivity (Wildman–Crippen MR) is 85.5 cm³/mol. The number of rotatable bonds is 4. The van der Waals surface area contributed by atoms with E-state index in [1.165, 1.54) is 0 Å². The number of carbonyl (C=O) groups excluding carboxylic acids is 2.